The quantitative estimate of drug-likeness (QED) is 0.125. The van der Waals surface area contributed by atoms with Crippen LogP contribution in [-0.4, -0.2) is 39.0 Å². The molecule has 0 N–H and O–H groups in total. The fourth-order valence-electron chi connectivity index (χ4n) is 12.6. The molecule has 4 heterocycles. The van der Waals surface area contributed by atoms with Crippen LogP contribution in [-0.2, 0) is 0 Å². The van der Waals surface area contributed by atoms with E-state index in [1.54, 1.807) is 0 Å². The maximum Gasteiger partial charge on any atom is 0.164 e. The Bertz CT molecular complexity index is 5110. The van der Waals surface area contributed by atoms with Gasteiger partial charge in [0.25, 0.3) is 0 Å². The number of fused-ring (bicyclic) bond motifs is 6. The molecular weight excluding hydrogens is 1100 g/mol. The van der Waals surface area contributed by atoms with Crippen LogP contribution in [0.25, 0.3) is 157 Å². The van der Waals surface area contributed by atoms with Crippen molar-refractivity contribution in [1.29, 1.82) is 10.5 Å². The molecule has 16 rings (SSSR count). The van der Waals surface area contributed by atoms with E-state index in [-0.39, 0.29) is 0 Å². The number of hydrogen-bond acceptors (Lipinski definition) is 8. The maximum atomic E-state index is 10.1. The molecule has 418 valence electrons. The van der Waals surface area contributed by atoms with Crippen molar-refractivity contribution in [1.82, 2.24) is 39.0 Å². The lowest BCUT2D eigenvalue weighted by atomic mass is 9.86. The first-order chi connectivity index (χ1) is 44.5. The third-order valence-corrected chi connectivity index (χ3v) is 16.7. The minimum atomic E-state index is 0.509. The molecule has 10 heteroatoms. The largest absolute Gasteiger partial charge is 0.309 e. The van der Waals surface area contributed by atoms with Crippen LogP contribution in [0.3, 0.4) is 0 Å². The first-order valence-corrected chi connectivity index (χ1v) is 29.6. The van der Waals surface area contributed by atoms with Crippen LogP contribution in [0.5, 0.6) is 0 Å². The van der Waals surface area contributed by atoms with Gasteiger partial charge in [0.2, 0.25) is 0 Å². The summed E-state index contributed by atoms with van der Waals surface area (Å²) in [6.45, 7) is 0. The second-order valence-electron chi connectivity index (χ2n) is 22.0. The SMILES string of the molecule is N#Cc1ccc2c(c1)c1ccccc1n2-c1ccc(-c2nc(-c3ccccc3)nc(-c3ccccc3)n2)c(-c2ccccc2-c2ccccc2-c2cc(-n3c4ccccc4c4cc(C#N)ccc43)ccc2-c2nc(-c3ccccc3)nc(-c3ccccc3)n2)c1. The number of aromatic nitrogens is 8. The van der Waals surface area contributed by atoms with E-state index in [0.717, 1.165) is 122 Å². The number of hydrogen-bond donors (Lipinski definition) is 0. The number of para-hydroxylation sites is 2. The molecule has 0 fully saturated rings. The highest BCUT2D eigenvalue weighted by atomic mass is 15.0. The highest BCUT2D eigenvalue weighted by Crippen LogP contribution is 2.46. The summed E-state index contributed by atoms with van der Waals surface area (Å²) >= 11 is 0. The Morgan fingerprint density at radius 3 is 0.856 bits per heavy atom. The average molecular weight is 1150 g/mol. The van der Waals surface area contributed by atoms with E-state index in [4.69, 9.17) is 29.9 Å². The third-order valence-electron chi connectivity index (χ3n) is 16.7. The summed E-state index contributed by atoms with van der Waals surface area (Å²) < 4.78 is 4.56. The van der Waals surface area contributed by atoms with Gasteiger partial charge in [-0.3, -0.25) is 0 Å². The second-order valence-corrected chi connectivity index (χ2v) is 22.0. The smallest absolute Gasteiger partial charge is 0.164 e. The van der Waals surface area contributed by atoms with E-state index in [0.29, 0.717) is 46.1 Å². The van der Waals surface area contributed by atoms with Gasteiger partial charge in [-0.25, -0.2) is 29.9 Å². The van der Waals surface area contributed by atoms with Gasteiger partial charge in [-0.1, -0.05) is 206 Å². The summed E-state index contributed by atoms with van der Waals surface area (Å²) in [7, 11) is 0. The van der Waals surface area contributed by atoms with Crippen LogP contribution in [0.2, 0.25) is 0 Å². The van der Waals surface area contributed by atoms with Crippen LogP contribution in [0.15, 0.2) is 291 Å². The summed E-state index contributed by atoms with van der Waals surface area (Å²) in [4.78, 5) is 31.7. The number of nitrogens with zero attached hydrogens (tertiary/aromatic N) is 10. The zero-order valence-electron chi connectivity index (χ0n) is 48.2. The summed E-state index contributed by atoms with van der Waals surface area (Å²) in [6, 6.07) is 104. The lowest BCUT2D eigenvalue weighted by Gasteiger charge is -2.20. The Balaban J connectivity index is 0.969. The first kappa shape index (κ1) is 52.8. The zero-order valence-corrected chi connectivity index (χ0v) is 48.2. The second kappa shape index (κ2) is 22.3. The molecule has 0 aliphatic rings. The van der Waals surface area contributed by atoms with E-state index in [1.165, 1.54) is 0 Å². The average Bonchev–Trinajstić information content (AvgIpc) is 1.56. The Morgan fingerprint density at radius 2 is 0.511 bits per heavy atom. The van der Waals surface area contributed by atoms with Crippen LogP contribution in [0.1, 0.15) is 11.1 Å². The summed E-state index contributed by atoms with van der Waals surface area (Å²) in [5, 5.41) is 24.3. The van der Waals surface area contributed by atoms with Gasteiger partial charge in [-0.05, 0) is 118 Å². The van der Waals surface area contributed by atoms with Gasteiger partial charge in [-0.2, -0.15) is 10.5 Å². The highest BCUT2D eigenvalue weighted by molar-refractivity contribution is 6.11. The molecule has 0 radical (unpaired) electrons. The van der Waals surface area contributed by atoms with E-state index in [2.05, 4.69) is 143 Å². The molecule has 0 saturated carbocycles. The van der Waals surface area contributed by atoms with Gasteiger partial charge in [0.15, 0.2) is 34.9 Å². The molecule has 16 aromatic rings. The van der Waals surface area contributed by atoms with Gasteiger partial charge < -0.3 is 9.13 Å². The first-order valence-electron chi connectivity index (χ1n) is 29.6. The lowest BCUT2D eigenvalue weighted by molar-refractivity contribution is 1.07. The van der Waals surface area contributed by atoms with Gasteiger partial charge in [0.1, 0.15) is 0 Å². The number of nitriles is 2. The molecule has 0 bridgehead atoms. The molecule has 0 unspecified atom stereocenters. The fraction of sp³-hybridized carbons (Fsp3) is 0. The lowest BCUT2D eigenvalue weighted by Crippen LogP contribution is -2.03. The Morgan fingerprint density at radius 1 is 0.222 bits per heavy atom. The molecular formula is C80H48N10. The molecule has 90 heavy (non-hydrogen) atoms. The monoisotopic (exact) mass is 1150 g/mol. The normalized spacial score (nSPS) is 11.3. The molecule has 0 saturated heterocycles. The standard InChI is InChI=1S/C80H48N10/c81-49-51-37-43-73-69(45-51)63-33-17-19-35-71(63)89(73)57-39-41-65(79-85-75(53-21-5-1-6-22-53)83-76(86-79)54-23-7-2-8-24-54)67(47-57)61-31-15-13-29-59(61)60-30-14-16-32-62(60)68-48-58(90-72-36-20-18-34-64(72)70-46-52(50-82)38-44-74(70)90)40-42-66(68)80-87-77(55-25-9-3-10-26-55)84-78(88-80)56-27-11-4-12-28-56/h1-48H. The van der Waals surface area contributed by atoms with Gasteiger partial charge >= 0.3 is 0 Å². The highest BCUT2D eigenvalue weighted by Gasteiger charge is 2.25. The number of benzene rings is 12. The Kier molecular flexibility index (Phi) is 13.1. The minimum absolute atomic E-state index is 0.509. The van der Waals surface area contributed by atoms with Crippen molar-refractivity contribution in [2.24, 2.45) is 0 Å². The predicted octanol–water partition coefficient (Wildman–Crippen LogP) is 19.0. The fourth-order valence-corrected chi connectivity index (χ4v) is 12.6. The Hall–Kier alpha value is -12.8. The zero-order chi connectivity index (χ0) is 60.1. The van der Waals surface area contributed by atoms with E-state index in [1.807, 2.05) is 170 Å². The van der Waals surface area contributed by atoms with Gasteiger partial charge in [0, 0.05) is 66.3 Å². The molecule has 10 nitrogen and oxygen atoms in total. The van der Waals surface area contributed by atoms with Gasteiger partial charge in [0.05, 0.1) is 45.3 Å². The van der Waals surface area contributed by atoms with E-state index >= 15 is 0 Å². The molecule has 12 aromatic carbocycles. The van der Waals surface area contributed by atoms with Crippen LogP contribution < -0.4 is 0 Å². The van der Waals surface area contributed by atoms with Crippen molar-refractivity contribution in [3.05, 3.63) is 302 Å². The minimum Gasteiger partial charge on any atom is -0.309 e. The van der Waals surface area contributed by atoms with E-state index in [9.17, 15) is 10.5 Å². The van der Waals surface area contributed by atoms with Crippen molar-refractivity contribution in [3.8, 4) is 125 Å². The molecule has 0 atom stereocenters. The van der Waals surface area contributed by atoms with Gasteiger partial charge in [-0.15, -0.1) is 0 Å². The van der Waals surface area contributed by atoms with Crippen molar-refractivity contribution in [2.75, 3.05) is 0 Å². The van der Waals surface area contributed by atoms with E-state index < -0.39 is 0 Å². The van der Waals surface area contributed by atoms with Crippen LogP contribution >= 0.6 is 0 Å². The number of rotatable bonds is 11. The van der Waals surface area contributed by atoms with Crippen molar-refractivity contribution >= 4 is 43.6 Å². The van der Waals surface area contributed by atoms with Crippen molar-refractivity contribution in [2.45, 2.75) is 0 Å². The van der Waals surface area contributed by atoms with Crippen LogP contribution in [0.4, 0.5) is 0 Å². The predicted molar refractivity (Wildman–Crippen MR) is 360 cm³/mol. The molecule has 0 spiro atoms. The molecule has 0 aliphatic heterocycles. The Labute approximate surface area is 517 Å². The topological polar surface area (TPSA) is 135 Å². The van der Waals surface area contributed by atoms with Crippen molar-refractivity contribution < 1.29 is 0 Å². The summed E-state index contributed by atoms with van der Waals surface area (Å²) in [5.41, 5.74) is 17.6. The van der Waals surface area contributed by atoms with Crippen molar-refractivity contribution in [3.63, 3.8) is 0 Å². The maximum absolute atomic E-state index is 10.1. The summed E-state index contributed by atoms with van der Waals surface area (Å²) in [6.07, 6.45) is 0. The third kappa shape index (κ3) is 9.29. The van der Waals surface area contributed by atoms with Crippen LogP contribution in [0, 0.1) is 22.7 Å². The molecule has 4 aromatic heterocycles. The molecule has 0 amide bonds. The molecule has 0 aliphatic carbocycles. The summed E-state index contributed by atoms with van der Waals surface area (Å²) in [5.74, 6) is 3.22.